The summed E-state index contributed by atoms with van der Waals surface area (Å²) < 4.78 is 1.20. The molecule has 0 aliphatic heterocycles. The Labute approximate surface area is 136 Å². The molecule has 0 radical (unpaired) electrons. The summed E-state index contributed by atoms with van der Waals surface area (Å²) in [6.45, 7) is 0. The van der Waals surface area contributed by atoms with Crippen LogP contribution in [-0.4, -0.2) is 25.3 Å². The summed E-state index contributed by atoms with van der Waals surface area (Å²) in [5.74, 6) is 0.0142. The van der Waals surface area contributed by atoms with Crippen LogP contribution in [-0.2, 0) is 0 Å². The van der Waals surface area contributed by atoms with Gasteiger partial charge in [0.25, 0.3) is 0 Å². The molecule has 0 amide bonds. The van der Waals surface area contributed by atoms with Crippen molar-refractivity contribution in [2.75, 3.05) is 11.5 Å². The molecule has 0 saturated carbocycles. The summed E-state index contributed by atoms with van der Waals surface area (Å²) in [5.41, 5.74) is 13.0. The van der Waals surface area contributed by atoms with Gasteiger partial charge in [0.2, 0.25) is 0 Å². The van der Waals surface area contributed by atoms with Crippen molar-refractivity contribution in [3.63, 3.8) is 0 Å². The van der Waals surface area contributed by atoms with Crippen LogP contribution in [0.3, 0.4) is 0 Å². The summed E-state index contributed by atoms with van der Waals surface area (Å²) in [6, 6.07) is 10.2. The molecule has 7 heteroatoms. The van der Waals surface area contributed by atoms with Gasteiger partial charge in [-0.3, -0.25) is 0 Å². The van der Waals surface area contributed by atoms with E-state index in [1.54, 1.807) is 30.3 Å². The summed E-state index contributed by atoms with van der Waals surface area (Å²) in [6.07, 6.45) is 0. The molecular weight excluding hydrogens is 367 g/mol. The Balaban J connectivity index is 2.15. The minimum absolute atomic E-state index is 0.149. The third-order valence-electron chi connectivity index (χ3n) is 3.18. The molecule has 0 bridgehead atoms. The van der Waals surface area contributed by atoms with Crippen LogP contribution in [0.5, 0.6) is 0 Å². The molecule has 0 atom stereocenters. The first kappa shape index (κ1) is 14.6. The Morgan fingerprint density at radius 3 is 2.59 bits per heavy atom. The first-order chi connectivity index (χ1) is 10.5. The SMILES string of the molecule is N#Cc1cc2c(N)c(C(=O)c3ccc(Cl)cc3)[se]c2nc1N. The van der Waals surface area contributed by atoms with E-state index in [4.69, 9.17) is 28.3 Å². The topological polar surface area (TPSA) is 106 Å². The van der Waals surface area contributed by atoms with Crippen LogP contribution < -0.4 is 11.5 Å². The van der Waals surface area contributed by atoms with E-state index in [0.717, 1.165) is 0 Å². The quantitative estimate of drug-likeness (QED) is 0.527. The summed E-state index contributed by atoms with van der Waals surface area (Å²) in [5, 5.41) is 10.2. The minimum atomic E-state index is -0.335. The number of nitrogen functional groups attached to an aromatic ring is 2. The molecule has 0 unspecified atom stereocenters. The van der Waals surface area contributed by atoms with Gasteiger partial charge in [0, 0.05) is 0 Å². The first-order valence-electron chi connectivity index (χ1n) is 6.20. The molecule has 108 valence electrons. The first-order valence-corrected chi connectivity index (χ1v) is 8.29. The number of nitrogens with zero attached hydrogens (tertiary/aromatic N) is 2. The molecule has 0 aliphatic carbocycles. The number of pyridine rings is 1. The molecule has 3 aromatic rings. The van der Waals surface area contributed by atoms with Crippen LogP contribution in [0.15, 0.2) is 30.3 Å². The van der Waals surface area contributed by atoms with Gasteiger partial charge in [-0.2, -0.15) is 0 Å². The van der Waals surface area contributed by atoms with Gasteiger partial charge in [-0.05, 0) is 0 Å². The Kier molecular flexibility index (Phi) is 3.63. The van der Waals surface area contributed by atoms with Crippen LogP contribution in [0.2, 0.25) is 5.02 Å². The van der Waals surface area contributed by atoms with Crippen molar-refractivity contribution in [3.05, 3.63) is 50.9 Å². The predicted octanol–water partition coefficient (Wildman–Crippen LogP) is 2.21. The number of hydrogen-bond donors (Lipinski definition) is 2. The summed E-state index contributed by atoms with van der Waals surface area (Å²) in [4.78, 5) is 16.8. The van der Waals surface area contributed by atoms with Crippen LogP contribution in [0.25, 0.3) is 9.78 Å². The van der Waals surface area contributed by atoms with Crippen molar-refractivity contribution < 1.29 is 4.79 Å². The second kappa shape index (κ2) is 5.47. The standard InChI is InChI=1S/C15H9ClN4OSe/c16-9-3-1-7(2-4-9)12(21)13-11(18)10-5-8(6-17)14(19)20-15(10)22-13/h1-5H,18H2,(H2,19,20). The van der Waals surface area contributed by atoms with Crippen molar-refractivity contribution in [3.8, 4) is 6.07 Å². The van der Waals surface area contributed by atoms with Crippen molar-refractivity contribution in [2.45, 2.75) is 0 Å². The van der Waals surface area contributed by atoms with Gasteiger partial charge in [0.15, 0.2) is 0 Å². The van der Waals surface area contributed by atoms with Gasteiger partial charge >= 0.3 is 137 Å². The molecule has 1 aromatic carbocycles. The number of benzene rings is 1. The van der Waals surface area contributed by atoms with Gasteiger partial charge in [-0.15, -0.1) is 0 Å². The molecule has 2 heterocycles. The number of carbonyl (C=O) groups excluding carboxylic acids is 1. The number of carbonyl (C=O) groups is 1. The number of rotatable bonds is 2. The maximum absolute atomic E-state index is 12.6. The van der Waals surface area contributed by atoms with E-state index in [0.29, 0.717) is 30.5 Å². The Bertz CT molecular complexity index is 941. The number of fused-ring (bicyclic) bond motifs is 1. The molecule has 0 saturated heterocycles. The third-order valence-corrected chi connectivity index (χ3v) is 5.77. The van der Waals surface area contributed by atoms with Crippen LogP contribution >= 0.6 is 11.6 Å². The summed E-state index contributed by atoms with van der Waals surface area (Å²) >= 11 is 5.49. The number of anilines is 2. The van der Waals surface area contributed by atoms with E-state index in [1.807, 2.05) is 6.07 Å². The van der Waals surface area contributed by atoms with Crippen LogP contribution in [0.4, 0.5) is 11.5 Å². The average molecular weight is 376 g/mol. The maximum atomic E-state index is 12.6. The van der Waals surface area contributed by atoms with Crippen molar-refractivity contribution in [2.24, 2.45) is 0 Å². The second-order valence-electron chi connectivity index (χ2n) is 4.57. The number of ketones is 1. The van der Waals surface area contributed by atoms with Crippen molar-refractivity contribution >= 4 is 53.2 Å². The molecular formula is C15H9ClN4OSe. The molecule has 0 aliphatic rings. The Morgan fingerprint density at radius 2 is 1.95 bits per heavy atom. The van der Waals surface area contributed by atoms with Gasteiger partial charge in [-0.1, -0.05) is 0 Å². The summed E-state index contributed by atoms with van der Waals surface area (Å²) in [7, 11) is 0. The van der Waals surface area contributed by atoms with Crippen molar-refractivity contribution in [1.29, 1.82) is 5.26 Å². The fourth-order valence-corrected chi connectivity index (χ4v) is 4.37. The van der Waals surface area contributed by atoms with E-state index in [9.17, 15) is 4.79 Å². The Hall–Kier alpha value is -2.32. The van der Waals surface area contributed by atoms with Gasteiger partial charge in [-0.25, -0.2) is 0 Å². The second-order valence-corrected chi connectivity index (χ2v) is 7.10. The molecule has 0 fully saturated rings. The number of halogens is 1. The predicted molar refractivity (Wildman–Crippen MR) is 87.1 cm³/mol. The molecule has 0 spiro atoms. The van der Waals surface area contributed by atoms with Crippen molar-refractivity contribution in [1.82, 2.24) is 4.98 Å². The average Bonchev–Trinajstić information content (AvgIpc) is 2.82. The van der Waals surface area contributed by atoms with Gasteiger partial charge in [0.1, 0.15) is 0 Å². The van der Waals surface area contributed by atoms with Gasteiger partial charge < -0.3 is 0 Å². The van der Waals surface area contributed by atoms with E-state index >= 15 is 0 Å². The van der Waals surface area contributed by atoms with E-state index < -0.39 is 0 Å². The molecule has 3 rings (SSSR count). The van der Waals surface area contributed by atoms with Gasteiger partial charge in [0.05, 0.1) is 0 Å². The molecule has 2 aromatic heterocycles. The number of hydrogen-bond acceptors (Lipinski definition) is 5. The van der Waals surface area contributed by atoms with E-state index in [-0.39, 0.29) is 31.7 Å². The number of nitriles is 1. The Morgan fingerprint density at radius 1 is 1.27 bits per heavy atom. The monoisotopic (exact) mass is 376 g/mol. The molecule has 4 N–H and O–H groups in total. The molecule has 5 nitrogen and oxygen atoms in total. The van der Waals surface area contributed by atoms with E-state index in [1.165, 1.54) is 0 Å². The fourth-order valence-electron chi connectivity index (χ4n) is 2.05. The normalized spacial score (nSPS) is 10.5. The van der Waals surface area contributed by atoms with E-state index in [2.05, 4.69) is 4.98 Å². The number of nitrogens with two attached hydrogens (primary N) is 2. The zero-order valence-electron chi connectivity index (χ0n) is 11.1. The third kappa shape index (κ3) is 2.36. The zero-order chi connectivity index (χ0) is 15.9. The van der Waals surface area contributed by atoms with Crippen LogP contribution in [0, 0.1) is 11.3 Å². The molecule has 22 heavy (non-hydrogen) atoms. The number of aromatic nitrogens is 1. The van der Waals surface area contributed by atoms with Crippen LogP contribution in [0.1, 0.15) is 20.4 Å². The zero-order valence-corrected chi connectivity index (χ0v) is 13.6. The fraction of sp³-hybridized carbons (Fsp3) is 0.